The minimum Gasteiger partial charge on any atom is -0.371 e. The van der Waals surface area contributed by atoms with Crippen LogP contribution in [-0.4, -0.2) is 39.8 Å². The van der Waals surface area contributed by atoms with Gasteiger partial charge in [0.15, 0.2) is 0 Å². The molecule has 3 rings (SSSR count). The molecule has 1 fully saturated rings. The van der Waals surface area contributed by atoms with Crippen molar-refractivity contribution >= 4 is 23.0 Å². The number of hydrogen-bond acceptors (Lipinski definition) is 3. The summed E-state index contributed by atoms with van der Waals surface area (Å²) in [6.07, 6.45) is 2.59. The van der Waals surface area contributed by atoms with Gasteiger partial charge >= 0.3 is 0 Å². The van der Waals surface area contributed by atoms with Crippen molar-refractivity contribution in [1.29, 1.82) is 0 Å². The van der Waals surface area contributed by atoms with Crippen LogP contribution in [0.4, 0.5) is 11.4 Å². The number of nitrogens with one attached hydrogen (secondary N) is 1. The molecule has 2 aliphatic rings. The highest BCUT2D eigenvalue weighted by Gasteiger charge is 2.23. The van der Waals surface area contributed by atoms with Gasteiger partial charge in [-0.1, -0.05) is 11.6 Å². The van der Waals surface area contributed by atoms with Crippen LogP contribution in [-0.2, 0) is 0 Å². The molecule has 19 heavy (non-hydrogen) atoms. The first kappa shape index (κ1) is 13.1. The lowest BCUT2D eigenvalue weighted by Gasteiger charge is -2.39. The van der Waals surface area contributed by atoms with Gasteiger partial charge in [-0.25, -0.2) is 0 Å². The first-order valence-electron chi connectivity index (χ1n) is 7.20. The number of halogens is 1. The van der Waals surface area contributed by atoms with Gasteiger partial charge in [-0.2, -0.15) is 0 Å². The van der Waals surface area contributed by atoms with Crippen LogP contribution >= 0.6 is 11.6 Å². The number of nitrogens with zero attached hydrogens (tertiary/aromatic N) is 2. The standard InChI is InChI=1S/C15H22ClN3/c1-18-8-9-19(11-12-4-6-17-7-5-12)15-10-13(16)2-3-14(15)18/h2-3,10,12,17H,4-9,11H2,1H3. The van der Waals surface area contributed by atoms with Gasteiger partial charge in [-0.15, -0.1) is 0 Å². The predicted octanol–water partition coefficient (Wildman–Crippen LogP) is 2.60. The van der Waals surface area contributed by atoms with E-state index in [1.165, 1.54) is 43.9 Å². The molecule has 0 amide bonds. The summed E-state index contributed by atoms with van der Waals surface area (Å²) < 4.78 is 0. The summed E-state index contributed by atoms with van der Waals surface area (Å²) in [5.74, 6) is 0.816. The number of piperidine rings is 1. The lowest BCUT2D eigenvalue weighted by molar-refractivity contribution is 0.373. The number of benzene rings is 1. The molecule has 2 aliphatic heterocycles. The summed E-state index contributed by atoms with van der Waals surface area (Å²) in [6, 6.07) is 6.25. The highest BCUT2D eigenvalue weighted by Crippen LogP contribution is 2.35. The number of rotatable bonds is 2. The third kappa shape index (κ3) is 2.82. The smallest absolute Gasteiger partial charge is 0.0619 e. The fourth-order valence-electron chi connectivity index (χ4n) is 3.15. The molecule has 2 heterocycles. The van der Waals surface area contributed by atoms with Crippen LogP contribution in [0.3, 0.4) is 0 Å². The largest absolute Gasteiger partial charge is 0.371 e. The van der Waals surface area contributed by atoms with Crippen molar-refractivity contribution in [1.82, 2.24) is 5.32 Å². The summed E-state index contributed by atoms with van der Waals surface area (Å²) in [5.41, 5.74) is 2.62. The maximum absolute atomic E-state index is 6.18. The van der Waals surface area contributed by atoms with Crippen LogP contribution in [0.2, 0.25) is 5.02 Å². The lowest BCUT2D eigenvalue weighted by atomic mass is 9.97. The summed E-state index contributed by atoms with van der Waals surface area (Å²) in [4.78, 5) is 4.85. The Morgan fingerprint density at radius 2 is 2.00 bits per heavy atom. The van der Waals surface area contributed by atoms with E-state index in [9.17, 15) is 0 Å². The van der Waals surface area contributed by atoms with Gasteiger partial charge < -0.3 is 15.1 Å². The first-order valence-corrected chi connectivity index (χ1v) is 7.58. The van der Waals surface area contributed by atoms with Gasteiger partial charge in [0, 0.05) is 31.7 Å². The minimum atomic E-state index is 0.816. The van der Waals surface area contributed by atoms with Gasteiger partial charge in [0.25, 0.3) is 0 Å². The van der Waals surface area contributed by atoms with E-state index >= 15 is 0 Å². The molecule has 1 N–H and O–H groups in total. The Kier molecular flexibility index (Phi) is 3.85. The first-order chi connectivity index (χ1) is 9.24. The Bertz CT molecular complexity index is 443. The predicted molar refractivity (Wildman–Crippen MR) is 82.5 cm³/mol. The zero-order valence-electron chi connectivity index (χ0n) is 11.5. The Morgan fingerprint density at radius 3 is 2.79 bits per heavy atom. The van der Waals surface area contributed by atoms with Gasteiger partial charge in [-0.3, -0.25) is 0 Å². The molecule has 104 valence electrons. The Morgan fingerprint density at radius 1 is 1.21 bits per heavy atom. The molecule has 0 atom stereocenters. The average molecular weight is 280 g/mol. The van der Waals surface area contributed by atoms with Crippen LogP contribution < -0.4 is 15.1 Å². The Labute approximate surface area is 120 Å². The van der Waals surface area contributed by atoms with Crippen molar-refractivity contribution < 1.29 is 0 Å². The van der Waals surface area contributed by atoms with Crippen molar-refractivity contribution in [3.05, 3.63) is 23.2 Å². The molecular weight excluding hydrogens is 258 g/mol. The topological polar surface area (TPSA) is 18.5 Å². The normalized spacial score (nSPS) is 20.5. The van der Waals surface area contributed by atoms with Crippen molar-refractivity contribution in [2.24, 2.45) is 5.92 Å². The Balaban J connectivity index is 1.79. The number of anilines is 2. The molecule has 4 heteroatoms. The zero-order valence-corrected chi connectivity index (χ0v) is 12.3. The number of hydrogen-bond donors (Lipinski definition) is 1. The summed E-state index contributed by atoms with van der Waals surface area (Å²) in [6.45, 7) is 5.71. The van der Waals surface area contributed by atoms with E-state index in [0.29, 0.717) is 0 Å². The van der Waals surface area contributed by atoms with Crippen molar-refractivity contribution in [3.8, 4) is 0 Å². The van der Waals surface area contributed by atoms with E-state index in [-0.39, 0.29) is 0 Å². The summed E-state index contributed by atoms with van der Waals surface area (Å²) in [5, 5.41) is 4.28. The quantitative estimate of drug-likeness (QED) is 0.898. The molecule has 0 radical (unpaired) electrons. The van der Waals surface area contributed by atoms with Gasteiger partial charge in [0.05, 0.1) is 11.4 Å². The van der Waals surface area contributed by atoms with E-state index < -0.39 is 0 Å². The molecular formula is C15H22ClN3. The second-order valence-corrected chi connectivity index (χ2v) is 6.13. The highest BCUT2D eigenvalue weighted by molar-refractivity contribution is 6.31. The maximum Gasteiger partial charge on any atom is 0.0619 e. The van der Waals surface area contributed by atoms with Crippen LogP contribution in [0.5, 0.6) is 0 Å². The fraction of sp³-hybridized carbons (Fsp3) is 0.600. The number of fused-ring (bicyclic) bond motifs is 1. The van der Waals surface area contributed by atoms with Gasteiger partial charge in [0.1, 0.15) is 0 Å². The summed E-state index contributed by atoms with van der Waals surface area (Å²) >= 11 is 6.18. The van der Waals surface area contributed by atoms with Crippen LogP contribution in [0.1, 0.15) is 12.8 Å². The third-order valence-corrected chi connectivity index (χ3v) is 4.57. The van der Waals surface area contributed by atoms with E-state index in [2.05, 4.69) is 34.3 Å². The molecule has 1 saturated heterocycles. The van der Waals surface area contributed by atoms with E-state index in [1.807, 2.05) is 6.07 Å². The molecule has 0 bridgehead atoms. The average Bonchev–Trinajstić information content (AvgIpc) is 2.43. The third-order valence-electron chi connectivity index (χ3n) is 4.33. The molecule has 0 spiro atoms. The van der Waals surface area contributed by atoms with E-state index in [0.717, 1.165) is 24.0 Å². The monoisotopic (exact) mass is 279 g/mol. The highest BCUT2D eigenvalue weighted by atomic mass is 35.5. The minimum absolute atomic E-state index is 0.816. The second kappa shape index (κ2) is 5.59. The SMILES string of the molecule is CN1CCN(CC2CCNCC2)c2cc(Cl)ccc21. The summed E-state index contributed by atoms with van der Waals surface area (Å²) in [7, 11) is 2.16. The van der Waals surface area contributed by atoms with Gasteiger partial charge in [-0.05, 0) is 50.0 Å². The zero-order chi connectivity index (χ0) is 13.2. The fourth-order valence-corrected chi connectivity index (χ4v) is 3.32. The molecule has 0 aromatic heterocycles. The molecule has 3 nitrogen and oxygen atoms in total. The van der Waals surface area contributed by atoms with Crippen LogP contribution in [0, 0.1) is 5.92 Å². The van der Waals surface area contributed by atoms with Crippen molar-refractivity contribution in [2.45, 2.75) is 12.8 Å². The van der Waals surface area contributed by atoms with Crippen molar-refractivity contribution in [3.63, 3.8) is 0 Å². The molecule has 1 aromatic rings. The molecule has 1 aromatic carbocycles. The maximum atomic E-state index is 6.18. The molecule has 0 aliphatic carbocycles. The number of likely N-dealkylation sites (N-methyl/N-ethyl adjacent to an activating group) is 1. The van der Waals surface area contributed by atoms with Crippen molar-refractivity contribution in [2.75, 3.05) is 49.6 Å². The Hall–Kier alpha value is -0.930. The second-order valence-electron chi connectivity index (χ2n) is 5.69. The van der Waals surface area contributed by atoms with Crippen LogP contribution in [0.25, 0.3) is 0 Å². The molecule has 0 unspecified atom stereocenters. The van der Waals surface area contributed by atoms with Gasteiger partial charge in [0.2, 0.25) is 0 Å². The molecule has 0 saturated carbocycles. The van der Waals surface area contributed by atoms with E-state index in [1.54, 1.807) is 0 Å². The lowest BCUT2D eigenvalue weighted by Crippen LogP contribution is -2.43. The van der Waals surface area contributed by atoms with E-state index in [4.69, 9.17) is 11.6 Å². The van der Waals surface area contributed by atoms with Crippen LogP contribution in [0.15, 0.2) is 18.2 Å².